The van der Waals surface area contributed by atoms with Crippen molar-refractivity contribution in [3.05, 3.63) is 41.3 Å². The minimum Gasteiger partial charge on any atom is -0.319 e. The molecule has 0 saturated carbocycles. The predicted octanol–water partition coefficient (Wildman–Crippen LogP) is 2.32. The maximum Gasteiger partial charge on any atom is 0.129 e. The van der Waals surface area contributed by atoms with Crippen LogP contribution in [0.1, 0.15) is 24.8 Å². The van der Waals surface area contributed by atoms with Gasteiger partial charge in [0.1, 0.15) is 11.4 Å². The number of nitrogens with two attached hydrogens (primary N) is 1. The Kier molecular flexibility index (Phi) is 5.91. The zero-order valence-corrected chi connectivity index (χ0v) is 14.5. The van der Waals surface area contributed by atoms with Gasteiger partial charge in [0.15, 0.2) is 0 Å². The Morgan fingerprint density at radius 2 is 2.12 bits per heavy atom. The molecule has 0 aromatic carbocycles. The van der Waals surface area contributed by atoms with Crippen molar-refractivity contribution in [2.45, 2.75) is 19.3 Å². The summed E-state index contributed by atoms with van der Waals surface area (Å²) in [5, 5.41) is 10.3. The van der Waals surface area contributed by atoms with Gasteiger partial charge in [-0.1, -0.05) is 11.6 Å². The summed E-state index contributed by atoms with van der Waals surface area (Å²) < 4.78 is 0. The summed E-state index contributed by atoms with van der Waals surface area (Å²) in [6.07, 6.45) is 9.00. The molecule has 1 aliphatic rings. The molecule has 0 radical (unpaired) electrons. The Morgan fingerprint density at radius 3 is 2.92 bits per heavy atom. The molecule has 1 aliphatic heterocycles. The molecule has 3 heterocycles. The van der Waals surface area contributed by atoms with Crippen LogP contribution in [0.4, 0.5) is 0 Å². The molecule has 0 unspecified atom stereocenters. The average molecular weight is 345 g/mol. The molecule has 0 spiro atoms. The molecule has 1 saturated heterocycles. The number of hydrogen-bond donors (Lipinski definition) is 2. The van der Waals surface area contributed by atoms with E-state index in [0.717, 1.165) is 35.1 Å². The Balaban J connectivity index is 1.61. The second kappa shape index (κ2) is 8.33. The summed E-state index contributed by atoms with van der Waals surface area (Å²) in [7, 11) is 0. The SMILES string of the molecule is N=CC(=C[NH2+]CCCN1CCCC1)c1cnc2ccc(Cl)nc2c1. The highest BCUT2D eigenvalue weighted by atomic mass is 35.5. The van der Waals surface area contributed by atoms with Crippen LogP contribution in [0.3, 0.4) is 0 Å². The molecule has 0 amide bonds. The van der Waals surface area contributed by atoms with Crippen LogP contribution in [-0.4, -0.2) is 47.3 Å². The fourth-order valence-electron chi connectivity index (χ4n) is 3.02. The second-order valence-corrected chi connectivity index (χ2v) is 6.48. The number of aromatic nitrogens is 2. The third-order valence-electron chi connectivity index (χ3n) is 4.33. The molecule has 5 nitrogen and oxygen atoms in total. The number of likely N-dealkylation sites (tertiary alicyclic amines) is 1. The maximum atomic E-state index is 7.67. The first-order valence-electron chi connectivity index (χ1n) is 8.45. The van der Waals surface area contributed by atoms with E-state index < -0.39 is 0 Å². The van der Waals surface area contributed by atoms with Gasteiger partial charge >= 0.3 is 0 Å². The van der Waals surface area contributed by atoms with Gasteiger partial charge in [-0.25, -0.2) is 4.98 Å². The maximum absolute atomic E-state index is 7.67. The van der Waals surface area contributed by atoms with E-state index in [9.17, 15) is 0 Å². The highest BCUT2D eigenvalue weighted by Gasteiger charge is 2.10. The standard InChI is InChI=1S/C18H22ClN5/c19-18-5-4-16-17(23-18)10-14(13-22-16)15(11-20)12-21-6-3-9-24-7-1-2-8-24/h4-5,10-13,20-21H,1-3,6-9H2/p+1. The Hall–Kier alpha value is -1.82. The van der Waals surface area contributed by atoms with Crippen molar-refractivity contribution in [1.29, 1.82) is 5.41 Å². The summed E-state index contributed by atoms with van der Waals surface area (Å²) in [6, 6.07) is 5.52. The van der Waals surface area contributed by atoms with Crippen LogP contribution in [0.15, 0.2) is 30.6 Å². The van der Waals surface area contributed by atoms with Crippen LogP contribution < -0.4 is 5.32 Å². The van der Waals surface area contributed by atoms with Gasteiger partial charge in [0.2, 0.25) is 0 Å². The van der Waals surface area contributed by atoms with Gasteiger partial charge in [-0.05, 0) is 44.1 Å². The third-order valence-corrected chi connectivity index (χ3v) is 4.54. The lowest BCUT2D eigenvalue weighted by molar-refractivity contribution is -0.587. The van der Waals surface area contributed by atoms with Crippen molar-refractivity contribution in [3.63, 3.8) is 0 Å². The number of hydrogen-bond acceptors (Lipinski definition) is 4. The number of fused-ring (bicyclic) bond motifs is 1. The highest BCUT2D eigenvalue weighted by Crippen LogP contribution is 2.18. The fourth-order valence-corrected chi connectivity index (χ4v) is 3.17. The quantitative estimate of drug-likeness (QED) is 0.460. The Morgan fingerprint density at radius 1 is 1.29 bits per heavy atom. The minimum atomic E-state index is 0.454. The summed E-state index contributed by atoms with van der Waals surface area (Å²) in [4.78, 5) is 11.2. The fraction of sp³-hybridized carbons (Fsp3) is 0.389. The van der Waals surface area contributed by atoms with Crippen molar-refractivity contribution in [2.24, 2.45) is 0 Å². The molecule has 0 aliphatic carbocycles. The molecule has 24 heavy (non-hydrogen) atoms. The number of allylic oxidation sites excluding steroid dienone is 1. The highest BCUT2D eigenvalue weighted by molar-refractivity contribution is 6.29. The molecule has 2 aromatic heterocycles. The first-order valence-corrected chi connectivity index (χ1v) is 8.83. The van der Waals surface area contributed by atoms with Gasteiger partial charge in [0, 0.05) is 30.9 Å². The van der Waals surface area contributed by atoms with E-state index in [0.29, 0.717) is 5.15 Å². The van der Waals surface area contributed by atoms with Crippen LogP contribution in [0.5, 0.6) is 0 Å². The largest absolute Gasteiger partial charge is 0.319 e. The molecule has 6 heteroatoms. The number of quaternary nitrogens is 1. The van der Waals surface area contributed by atoms with Gasteiger partial charge in [-0.3, -0.25) is 4.98 Å². The van der Waals surface area contributed by atoms with Gasteiger partial charge in [0.05, 0.1) is 23.2 Å². The lowest BCUT2D eigenvalue weighted by Crippen LogP contribution is -2.78. The zero-order chi connectivity index (χ0) is 16.8. The van der Waals surface area contributed by atoms with Gasteiger partial charge in [0.25, 0.3) is 0 Å². The Bertz CT molecular complexity index is 737. The van der Waals surface area contributed by atoms with E-state index in [-0.39, 0.29) is 0 Å². The monoisotopic (exact) mass is 344 g/mol. The molecular weight excluding hydrogens is 322 g/mol. The second-order valence-electron chi connectivity index (χ2n) is 6.09. The van der Waals surface area contributed by atoms with Gasteiger partial charge < -0.3 is 15.6 Å². The molecule has 2 aromatic rings. The van der Waals surface area contributed by atoms with Crippen LogP contribution in [0.2, 0.25) is 5.15 Å². The lowest BCUT2D eigenvalue weighted by Gasteiger charge is -2.12. The van der Waals surface area contributed by atoms with Crippen molar-refractivity contribution >= 4 is 34.4 Å². The first kappa shape index (κ1) is 17.0. The third kappa shape index (κ3) is 4.38. The van der Waals surface area contributed by atoms with Crippen molar-refractivity contribution in [3.8, 4) is 0 Å². The zero-order valence-electron chi connectivity index (χ0n) is 13.7. The van der Waals surface area contributed by atoms with Crippen LogP contribution in [0.25, 0.3) is 16.6 Å². The van der Waals surface area contributed by atoms with E-state index in [1.54, 1.807) is 12.3 Å². The molecule has 0 bridgehead atoms. The van der Waals surface area contributed by atoms with Crippen LogP contribution >= 0.6 is 11.6 Å². The lowest BCUT2D eigenvalue weighted by atomic mass is 10.1. The number of nitrogens with one attached hydrogen (secondary N) is 1. The molecule has 3 N–H and O–H groups in total. The first-order chi connectivity index (χ1) is 11.8. The molecular formula is C18H23ClN5+. The molecule has 3 rings (SSSR count). The summed E-state index contributed by atoms with van der Waals surface area (Å²) in [5.74, 6) is 0. The number of halogens is 1. The summed E-state index contributed by atoms with van der Waals surface area (Å²) in [5.41, 5.74) is 3.29. The van der Waals surface area contributed by atoms with E-state index >= 15 is 0 Å². The normalized spacial score (nSPS) is 16.0. The van der Waals surface area contributed by atoms with E-state index in [1.807, 2.05) is 18.3 Å². The smallest absolute Gasteiger partial charge is 0.129 e. The average Bonchev–Trinajstić information content (AvgIpc) is 3.11. The van der Waals surface area contributed by atoms with E-state index in [1.165, 1.54) is 38.7 Å². The molecule has 1 fully saturated rings. The topological polar surface area (TPSA) is 69.5 Å². The summed E-state index contributed by atoms with van der Waals surface area (Å²) in [6.45, 7) is 4.70. The van der Waals surface area contributed by atoms with Crippen molar-refractivity contribution in [2.75, 3.05) is 26.2 Å². The van der Waals surface area contributed by atoms with Gasteiger partial charge in [-0.15, -0.1) is 0 Å². The van der Waals surface area contributed by atoms with Gasteiger partial charge in [-0.2, -0.15) is 0 Å². The summed E-state index contributed by atoms with van der Waals surface area (Å²) >= 11 is 5.95. The molecule has 126 valence electrons. The van der Waals surface area contributed by atoms with E-state index in [2.05, 4.69) is 20.2 Å². The van der Waals surface area contributed by atoms with E-state index in [4.69, 9.17) is 17.0 Å². The van der Waals surface area contributed by atoms with Crippen LogP contribution in [0, 0.1) is 5.41 Å². The number of nitrogens with zero attached hydrogens (tertiary/aromatic N) is 3. The van der Waals surface area contributed by atoms with Crippen LogP contribution in [-0.2, 0) is 0 Å². The minimum absolute atomic E-state index is 0.454. The number of rotatable bonds is 7. The predicted molar refractivity (Wildman–Crippen MR) is 98.4 cm³/mol. The number of pyridine rings is 2. The molecule has 0 atom stereocenters. The van der Waals surface area contributed by atoms with Crippen molar-refractivity contribution < 1.29 is 5.32 Å². The van der Waals surface area contributed by atoms with Crippen molar-refractivity contribution in [1.82, 2.24) is 14.9 Å². The Labute approximate surface area is 147 Å².